The van der Waals surface area contributed by atoms with Crippen molar-refractivity contribution in [2.75, 3.05) is 18.4 Å². The molecule has 3 rings (SSSR count). The van der Waals surface area contributed by atoms with Gasteiger partial charge in [-0.1, -0.05) is 43.4 Å². The number of carbonyl (C=O) groups excluding carboxylic acids is 3. The molecule has 2 aromatic rings. The van der Waals surface area contributed by atoms with Crippen LogP contribution < -0.4 is 21.5 Å². The molecule has 0 aliphatic carbocycles. The van der Waals surface area contributed by atoms with Crippen LogP contribution in [0.4, 0.5) is 5.69 Å². The number of nitrogens with zero attached hydrogens (tertiary/aromatic N) is 3. The third-order valence-electron chi connectivity index (χ3n) is 5.76. The molecule has 10 nitrogen and oxygen atoms in total. The van der Waals surface area contributed by atoms with Crippen LogP contribution in [0.1, 0.15) is 70.8 Å². The topological polar surface area (TPSA) is 135 Å². The number of amides is 3. The van der Waals surface area contributed by atoms with E-state index in [9.17, 15) is 19.2 Å². The van der Waals surface area contributed by atoms with Crippen LogP contribution >= 0.6 is 0 Å². The molecular weight excluding hydrogens is 424 g/mol. The van der Waals surface area contributed by atoms with Crippen LogP contribution in [0.2, 0.25) is 0 Å². The molecule has 10 heteroatoms. The molecule has 1 atom stereocenters. The SMILES string of the molecule is CC(=O)NCCCCCCCCCNc1cccc2nnn(C3CCC(=O)NC3=O)c(=O)c12. The quantitative estimate of drug-likeness (QED) is 0.328. The van der Waals surface area contributed by atoms with Crippen molar-refractivity contribution < 1.29 is 14.4 Å². The molecule has 2 heterocycles. The predicted octanol–water partition coefficient (Wildman–Crippen LogP) is 2.05. The van der Waals surface area contributed by atoms with Crippen molar-refractivity contribution in [1.82, 2.24) is 25.6 Å². The summed E-state index contributed by atoms with van der Waals surface area (Å²) in [7, 11) is 0. The maximum absolute atomic E-state index is 13.1. The van der Waals surface area contributed by atoms with Crippen LogP contribution in [-0.2, 0) is 14.4 Å². The van der Waals surface area contributed by atoms with Crippen molar-refractivity contribution in [3.05, 3.63) is 28.6 Å². The lowest BCUT2D eigenvalue weighted by molar-refractivity contribution is -0.136. The molecule has 1 aliphatic rings. The molecule has 0 saturated carbocycles. The van der Waals surface area contributed by atoms with Crippen molar-refractivity contribution >= 4 is 34.3 Å². The van der Waals surface area contributed by atoms with Crippen LogP contribution in [0.3, 0.4) is 0 Å². The summed E-state index contributed by atoms with van der Waals surface area (Å²) in [5.74, 6) is -0.844. The molecule has 1 saturated heterocycles. The number of hydrogen-bond acceptors (Lipinski definition) is 7. The van der Waals surface area contributed by atoms with Gasteiger partial charge in [-0.2, -0.15) is 4.68 Å². The van der Waals surface area contributed by atoms with Crippen molar-refractivity contribution in [1.29, 1.82) is 0 Å². The first kappa shape index (κ1) is 24.3. The highest BCUT2D eigenvalue weighted by atomic mass is 16.2. The van der Waals surface area contributed by atoms with Crippen molar-refractivity contribution in [3.63, 3.8) is 0 Å². The van der Waals surface area contributed by atoms with E-state index < -0.39 is 17.5 Å². The molecule has 1 unspecified atom stereocenters. The van der Waals surface area contributed by atoms with Gasteiger partial charge in [0.2, 0.25) is 11.8 Å². The minimum absolute atomic E-state index is 0.0237. The van der Waals surface area contributed by atoms with Crippen LogP contribution in [-0.4, -0.2) is 45.8 Å². The Hall–Kier alpha value is -3.30. The molecule has 0 bridgehead atoms. The van der Waals surface area contributed by atoms with Crippen molar-refractivity contribution in [2.45, 2.75) is 70.8 Å². The number of imide groups is 1. The lowest BCUT2D eigenvalue weighted by Crippen LogP contribution is -2.45. The minimum atomic E-state index is -0.835. The Balaban J connectivity index is 1.50. The molecule has 0 spiro atoms. The molecule has 1 fully saturated rings. The van der Waals surface area contributed by atoms with E-state index in [0.29, 0.717) is 16.6 Å². The summed E-state index contributed by atoms with van der Waals surface area (Å²) in [6.07, 6.45) is 8.06. The third kappa shape index (κ3) is 6.84. The number of benzene rings is 1. The van der Waals surface area contributed by atoms with E-state index in [4.69, 9.17) is 0 Å². The van der Waals surface area contributed by atoms with Crippen LogP contribution in [0.25, 0.3) is 10.9 Å². The largest absolute Gasteiger partial charge is 0.384 e. The number of fused-ring (bicyclic) bond motifs is 1. The molecule has 1 aromatic carbocycles. The molecule has 1 aromatic heterocycles. The Kier molecular flexibility index (Phi) is 8.91. The van der Waals surface area contributed by atoms with Crippen molar-refractivity contribution in [3.8, 4) is 0 Å². The van der Waals surface area contributed by atoms with E-state index in [1.165, 1.54) is 13.3 Å². The Labute approximate surface area is 192 Å². The second-order valence-electron chi connectivity index (χ2n) is 8.39. The molecule has 3 amide bonds. The van der Waals surface area contributed by atoms with E-state index in [1.807, 2.05) is 12.1 Å². The fourth-order valence-electron chi connectivity index (χ4n) is 3.99. The lowest BCUT2D eigenvalue weighted by atomic mass is 10.1. The fourth-order valence-corrected chi connectivity index (χ4v) is 3.99. The van der Waals surface area contributed by atoms with Crippen molar-refractivity contribution in [2.24, 2.45) is 0 Å². The first-order valence-corrected chi connectivity index (χ1v) is 11.7. The Morgan fingerprint density at radius 3 is 2.45 bits per heavy atom. The van der Waals surface area contributed by atoms with E-state index in [2.05, 4.69) is 26.3 Å². The van der Waals surface area contributed by atoms with Gasteiger partial charge in [0.05, 0.1) is 5.39 Å². The van der Waals surface area contributed by atoms with E-state index in [-0.39, 0.29) is 24.7 Å². The number of rotatable bonds is 12. The first-order chi connectivity index (χ1) is 16.0. The van der Waals surface area contributed by atoms with Crippen LogP contribution in [0.5, 0.6) is 0 Å². The van der Waals surface area contributed by atoms with Gasteiger partial charge in [-0.3, -0.25) is 24.5 Å². The molecule has 178 valence electrons. The predicted molar refractivity (Wildman–Crippen MR) is 125 cm³/mol. The van der Waals surface area contributed by atoms with Gasteiger partial charge in [-0.15, -0.1) is 5.10 Å². The molecular formula is C23H32N6O4. The zero-order chi connectivity index (χ0) is 23.6. The highest BCUT2D eigenvalue weighted by Crippen LogP contribution is 2.21. The monoisotopic (exact) mass is 456 g/mol. The van der Waals surface area contributed by atoms with Gasteiger partial charge < -0.3 is 10.6 Å². The van der Waals surface area contributed by atoms with Gasteiger partial charge in [-0.05, 0) is 31.4 Å². The van der Waals surface area contributed by atoms with E-state index in [0.717, 1.165) is 56.3 Å². The van der Waals surface area contributed by atoms with Gasteiger partial charge in [0.25, 0.3) is 11.5 Å². The number of unbranched alkanes of at least 4 members (excludes halogenated alkanes) is 6. The summed E-state index contributed by atoms with van der Waals surface area (Å²) in [6.45, 7) is 3.01. The molecule has 3 N–H and O–H groups in total. The molecule has 1 aliphatic heterocycles. The number of anilines is 1. The maximum atomic E-state index is 13.1. The second-order valence-corrected chi connectivity index (χ2v) is 8.39. The smallest absolute Gasteiger partial charge is 0.280 e. The summed E-state index contributed by atoms with van der Waals surface area (Å²) in [6, 6.07) is 4.53. The Morgan fingerprint density at radius 1 is 1.06 bits per heavy atom. The Morgan fingerprint density at radius 2 is 1.76 bits per heavy atom. The van der Waals surface area contributed by atoms with Crippen LogP contribution in [0.15, 0.2) is 23.0 Å². The lowest BCUT2D eigenvalue weighted by Gasteiger charge is -2.21. The second kappa shape index (κ2) is 12.1. The Bertz CT molecular complexity index is 1050. The molecule has 33 heavy (non-hydrogen) atoms. The van der Waals surface area contributed by atoms with Gasteiger partial charge in [0.15, 0.2) is 0 Å². The fraction of sp³-hybridized carbons (Fsp3) is 0.565. The van der Waals surface area contributed by atoms with E-state index >= 15 is 0 Å². The average Bonchev–Trinajstić information content (AvgIpc) is 2.78. The number of aromatic nitrogens is 3. The number of piperidine rings is 1. The van der Waals surface area contributed by atoms with Gasteiger partial charge >= 0.3 is 0 Å². The minimum Gasteiger partial charge on any atom is -0.384 e. The maximum Gasteiger partial charge on any atom is 0.280 e. The van der Waals surface area contributed by atoms with Gasteiger partial charge in [-0.25, -0.2) is 0 Å². The average molecular weight is 457 g/mol. The highest BCUT2D eigenvalue weighted by molar-refractivity contribution is 5.99. The van der Waals surface area contributed by atoms with Gasteiger partial charge in [0.1, 0.15) is 11.6 Å². The normalized spacial score (nSPS) is 16.0. The number of nitrogens with one attached hydrogen (secondary N) is 3. The zero-order valence-corrected chi connectivity index (χ0v) is 19.1. The summed E-state index contributed by atoms with van der Waals surface area (Å²) >= 11 is 0. The highest BCUT2D eigenvalue weighted by Gasteiger charge is 2.30. The first-order valence-electron chi connectivity index (χ1n) is 11.7. The summed E-state index contributed by atoms with van der Waals surface area (Å²) in [5.41, 5.74) is 0.746. The third-order valence-corrected chi connectivity index (χ3v) is 5.76. The van der Waals surface area contributed by atoms with Crippen LogP contribution in [0, 0.1) is 0 Å². The summed E-state index contributed by atoms with van der Waals surface area (Å²) < 4.78 is 1.08. The zero-order valence-electron chi connectivity index (χ0n) is 19.1. The van der Waals surface area contributed by atoms with E-state index in [1.54, 1.807) is 6.07 Å². The number of hydrogen-bond donors (Lipinski definition) is 3. The molecule has 0 radical (unpaired) electrons. The standard InChI is InChI=1S/C23H32N6O4/c1-16(30)24-14-7-5-3-2-4-6-8-15-25-17-10-9-11-18-21(17)23(33)29(28-27-18)19-12-13-20(31)26-22(19)32/h9-11,19,25H,2-8,12-15H2,1H3,(H,24,30)(H,26,31,32). The number of carbonyl (C=O) groups is 3. The van der Waals surface area contributed by atoms with Gasteiger partial charge in [0, 0.05) is 32.1 Å². The summed E-state index contributed by atoms with van der Waals surface area (Å²) in [5, 5.41) is 16.9. The summed E-state index contributed by atoms with van der Waals surface area (Å²) in [4.78, 5) is 47.5.